The Kier molecular flexibility index (Phi) is 4.53. The summed E-state index contributed by atoms with van der Waals surface area (Å²) < 4.78 is 0. The second kappa shape index (κ2) is 6.93. The Hall–Kier alpha value is -2.87. The van der Waals surface area contributed by atoms with Crippen molar-refractivity contribution in [3.63, 3.8) is 0 Å². The van der Waals surface area contributed by atoms with E-state index in [9.17, 15) is 0 Å². The van der Waals surface area contributed by atoms with Crippen LogP contribution in [0.3, 0.4) is 0 Å². The summed E-state index contributed by atoms with van der Waals surface area (Å²) in [7, 11) is 0. The minimum absolute atomic E-state index is 0.963. The van der Waals surface area contributed by atoms with Gasteiger partial charge in [0, 0.05) is 0 Å². The molecule has 3 rings (SSSR count). The largest absolute Gasteiger partial charge is 0.278 e. The minimum Gasteiger partial charge on any atom is -0.278 e. The summed E-state index contributed by atoms with van der Waals surface area (Å²) in [6, 6.07) is 27.1. The highest BCUT2D eigenvalue weighted by Crippen LogP contribution is 2.19. The molecular formula is C21H20N2. The smallest absolute Gasteiger partial charge is 0.0648 e. The first kappa shape index (κ1) is 15.0. The molecule has 0 saturated carbocycles. The first-order chi connectivity index (χ1) is 11.2. The minimum atomic E-state index is 0.963. The molecule has 3 aromatic rings. The van der Waals surface area contributed by atoms with Crippen molar-refractivity contribution < 1.29 is 0 Å². The fourth-order valence-corrected chi connectivity index (χ4v) is 2.38. The lowest BCUT2D eigenvalue weighted by Gasteiger charge is -2.06. The van der Waals surface area contributed by atoms with Gasteiger partial charge in [0.15, 0.2) is 0 Å². The Morgan fingerprint density at radius 1 is 0.739 bits per heavy atom. The van der Waals surface area contributed by atoms with Crippen LogP contribution in [-0.4, -0.2) is 5.71 Å². The fraction of sp³-hybridized carbons (Fsp3) is 0.0952. The number of nitrogens with one attached hydrogen (secondary N) is 1. The van der Waals surface area contributed by atoms with Gasteiger partial charge in [-0.3, -0.25) is 5.43 Å². The number of hydrogen-bond donors (Lipinski definition) is 1. The molecule has 114 valence electrons. The summed E-state index contributed by atoms with van der Waals surface area (Å²) in [5, 5.41) is 4.46. The van der Waals surface area contributed by atoms with Crippen molar-refractivity contribution in [1.82, 2.24) is 0 Å². The summed E-state index contributed by atoms with van der Waals surface area (Å²) in [6.45, 7) is 4.09. The summed E-state index contributed by atoms with van der Waals surface area (Å²) in [5.74, 6) is 0. The van der Waals surface area contributed by atoms with Gasteiger partial charge >= 0.3 is 0 Å². The number of anilines is 1. The Labute approximate surface area is 137 Å². The van der Waals surface area contributed by atoms with Crippen LogP contribution in [-0.2, 0) is 0 Å². The number of aryl methyl sites for hydroxylation is 1. The van der Waals surface area contributed by atoms with Crippen LogP contribution in [0.4, 0.5) is 5.69 Å². The highest BCUT2D eigenvalue weighted by atomic mass is 15.3. The molecular weight excluding hydrogens is 280 g/mol. The first-order valence-electron chi connectivity index (χ1n) is 7.75. The molecule has 0 spiro atoms. The van der Waals surface area contributed by atoms with E-state index in [1.54, 1.807) is 0 Å². The quantitative estimate of drug-likeness (QED) is 0.499. The lowest BCUT2D eigenvalue weighted by Crippen LogP contribution is -1.99. The van der Waals surface area contributed by atoms with Gasteiger partial charge in [-0.05, 0) is 42.7 Å². The standard InChI is InChI=1S/C21H20N2/c1-16-8-14-21(15-9-16)23-22-17(2)18-10-12-20(13-11-18)19-6-4-3-5-7-19/h3-15,23H,1-2H3/b22-17+. The van der Waals surface area contributed by atoms with Crippen LogP contribution in [0, 0.1) is 6.92 Å². The Bertz CT molecular complexity index is 786. The third-order valence-electron chi connectivity index (χ3n) is 3.81. The van der Waals surface area contributed by atoms with Gasteiger partial charge in [-0.25, -0.2) is 0 Å². The van der Waals surface area contributed by atoms with E-state index < -0.39 is 0 Å². The Morgan fingerprint density at radius 2 is 1.35 bits per heavy atom. The second-order valence-electron chi connectivity index (χ2n) is 5.62. The number of benzene rings is 3. The van der Waals surface area contributed by atoms with Gasteiger partial charge in [0.05, 0.1) is 11.4 Å². The third-order valence-corrected chi connectivity index (χ3v) is 3.81. The van der Waals surface area contributed by atoms with Crippen LogP contribution in [0.25, 0.3) is 11.1 Å². The molecule has 0 aliphatic carbocycles. The van der Waals surface area contributed by atoms with E-state index in [1.165, 1.54) is 16.7 Å². The summed E-state index contributed by atoms with van der Waals surface area (Å²) >= 11 is 0. The predicted molar refractivity (Wildman–Crippen MR) is 98.9 cm³/mol. The summed E-state index contributed by atoms with van der Waals surface area (Å²) in [6.07, 6.45) is 0. The molecule has 0 unspecified atom stereocenters. The monoisotopic (exact) mass is 300 g/mol. The molecule has 0 radical (unpaired) electrons. The van der Waals surface area contributed by atoms with Gasteiger partial charge in [0.1, 0.15) is 0 Å². The molecule has 2 nitrogen and oxygen atoms in total. The van der Waals surface area contributed by atoms with Crippen molar-refractivity contribution in [1.29, 1.82) is 0 Å². The molecule has 0 atom stereocenters. The van der Waals surface area contributed by atoms with Gasteiger partial charge < -0.3 is 0 Å². The zero-order valence-electron chi connectivity index (χ0n) is 13.5. The predicted octanol–water partition coefficient (Wildman–Crippen LogP) is 5.50. The van der Waals surface area contributed by atoms with E-state index in [4.69, 9.17) is 0 Å². The normalized spacial score (nSPS) is 11.3. The molecule has 0 aromatic heterocycles. The van der Waals surface area contributed by atoms with E-state index in [0.717, 1.165) is 17.0 Å². The van der Waals surface area contributed by atoms with Crippen molar-refractivity contribution >= 4 is 11.4 Å². The molecule has 0 bridgehead atoms. The molecule has 0 fully saturated rings. The molecule has 0 saturated heterocycles. The van der Waals surface area contributed by atoms with Crippen LogP contribution in [0.15, 0.2) is 84.0 Å². The second-order valence-corrected chi connectivity index (χ2v) is 5.62. The van der Waals surface area contributed by atoms with Crippen molar-refractivity contribution in [2.24, 2.45) is 5.10 Å². The topological polar surface area (TPSA) is 24.4 Å². The Balaban J connectivity index is 1.73. The van der Waals surface area contributed by atoms with E-state index in [1.807, 2.05) is 25.1 Å². The SMILES string of the molecule is C/C(=N\Nc1ccc(C)cc1)c1ccc(-c2ccccc2)cc1. The van der Waals surface area contributed by atoms with E-state index in [-0.39, 0.29) is 0 Å². The maximum atomic E-state index is 4.46. The average Bonchev–Trinajstić information content (AvgIpc) is 2.62. The van der Waals surface area contributed by atoms with E-state index >= 15 is 0 Å². The maximum Gasteiger partial charge on any atom is 0.0648 e. The molecule has 0 aliphatic rings. The molecule has 23 heavy (non-hydrogen) atoms. The number of nitrogens with zero attached hydrogens (tertiary/aromatic N) is 1. The molecule has 2 heteroatoms. The molecule has 0 heterocycles. The van der Waals surface area contributed by atoms with Crippen LogP contribution in [0.5, 0.6) is 0 Å². The van der Waals surface area contributed by atoms with Gasteiger partial charge in [-0.15, -0.1) is 0 Å². The van der Waals surface area contributed by atoms with Gasteiger partial charge in [0.25, 0.3) is 0 Å². The maximum absolute atomic E-state index is 4.46. The van der Waals surface area contributed by atoms with Gasteiger partial charge in [-0.2, -0.15) is 5.10 Å². The number of rotatable bonds is 4. The van der Waals surface area contributed by atoms with Crippen LogP contribution in [0.1, 0.15) is 18.1 Å². The molecule has 3 aromatic carbocycles. The van der Waals surface area contributed by atoms with Crippen LogP contribution >= 0.6 is 0 Å². The third kappa shape index (κ3) is 3.86. The fourth-order valence-electron chi connectivity index (χ4n) is 2.38. The van der Waals surface area contributed by atoms with Crippen LogP contribution in [0.2, 0.25) is 0 Å². The van der Waals surface area contributed by atoms with Crippen molar-refractivity contribution in [2.45, 2.75) is 13.8 Å². The van der Waals surface area contributed by atoms with Crippen molar-refractivity contribution in [2.75, 3.05) is 5.43 Å². The van der Waals surface area contributed by atoms with Crippen LogP contribution < -0.4 is 5.43 Å². The molecule has 1 N–H and O–H groups in total. The lowest BCUT2D eigenvalue weighted by molar-refractivity contribution is 1.31. The number of hydrazone groups is 1. The Morgan fingerprint density at radius 3 is 2.00 bits per heavy atom. The zero-order chi connectivity index (χ0) is 16.1. The highest BCUT2D eigenvalue weighted by molar-refractivity contribution is 5.99. The molecule has 0 aliphatic heterocycles. The summed E-state index contributed by atoms with van der Waals surface area (Å²) in [5.41, 5.74) is 9.87. The highest BCUT2D eigenvalue weighted by Gasteiger charge is 2.00. The van der Waals surface area contributed by atoms with Crippen molar-refractivity contribution in [3.8, 4) is 11.1 Å². The first-order valence-corrected chi connectivity index (χ1v) is 7.75. The average molecular weight is 300 g/mol. The lowest BCUT2D eigenvalue weighted by atomic mass is 10.0. The molecule has 0 amide bonds. The zero-order valence-corrected chi connectivity index (χ0v) is 13.5. The van der Waals surface area contributed by atoms with Crippen molar-refractivity contribution in [3.05, 3.63) is 90.0 Å². The number of hydrogen-bond acceptors (Lipinski definition) is 2. The summed E-state index contributed by atoms with van der Waals surface area (Å²) in [4.78, 5) is 0. The van der Waals surface area contributed by atoms with Gasteiger partial charge in [-0.1, -0.05) is 72.3 Å². The van der Waals surface area contributed by atoms with E-state index in [0.29, 0.717) is 0 Å². The van der Waals surface area contributed by atoms with E-state index in [2.05, 4.69) is 78.1 Å². The van der Waals surface area contributed by atoms with Gasteiger partial charge in [0.2, 0.25) is 0 Å².